The third-order valence-corrected chi connectivity index (χ3v) is 1.38. The minimum atomic E-state index is -1.18. The van der Waals surface area contributed by atoms with Crippen molar-refractivity contribution in [2.45, 2.75) is 33.1 Å². The molecule has 0 aliphatic rings. The van der Waals surface area contributed by atoms with Crippen molar-refractivity contribution in [1.82, 2.24) is 0 Å². The van der Waals surface area contributed by atoms with E-state index >= 15 is 0 Å². The second-order valence-electron chi connectivity index (χ2n) is 2.35. The van der Waals surface area contributed by atoms with Crippen LogP contribution in [0.5, 0.6) is 0 Å². The van der Waals surface area contributed by atoms with Gasteiger partial charge in [-0.25, -0.2) is 0 Å². The summed E-state index contributed by atoms with van der Waals surface area (Å²) in [6.07, 6.45) is 2.65. The molecule has 0 bridgehead atoms. The monoisotopic (exact) mass is 132 g/mol. The third kappa shape index (κ3) is 4.13. The van der Waals surface area contributed by atoms with Crippen LogP contribution in [0.1, 0.15) is 33.1 Å². The largest absolute Gasteiger partial charge is 0.304 e. The Labute approximate surface area is 55.3 Å². The fourth-order valence-electron chi connectivity index (χ4n) is 0.624. The van der Waals surface area contributed by atoms with E-state index < -0.39 is 6.04 Å². The molecule has 0 unspecified atom stereocenters. The molecule has 0 aromatic rings. The SMILES string of the molecule is CCCC[C@H](C)C(=O)F. The summed E-state index contributed by atoms with van der Waals surface area (Å²) in [5.74, 6) is -0.384. The average Bonchev–Trinajstić information content (AvgIpc) is 1.82. The molecule has 9 heavy (non-hydrogen) atoms. The predicted octanol–water partition coefficient (Wildman–Crippen LogP) is 2.31. The molecule has 1 nitrogen and oxygen atoms in total. The third-order valence-electron chi connectivity index (χ3n) is 1.38. The van der Waals surface area contributed by atoms with Crippen LogP contribution in [0.15, 0.2) is 0 Å². The zero-order chi connectivity index (χ0) is 7.28. The molecule has 2 heteroatoms. The first-order chi connectivity index (χ1) is 4.18. The number of halogens is 1. The summed E-state index contributed by atoms with van der Waals surface area (Å²) in [4.78, 5) is 9.98. The highest BCUT2D eigenvalue weighted by Gasteiger charge is 2.09. The lowest BCUT2D eigenvalue weighted by molar-refractivity contribution is -0.133. The van der Waals surface area contributed by atoms with Gasteiger partial charge >= 0.3 is 6.04 Å². The molecule has 0 aromatic carbocycles. The van der Waals surface area contributed by atoms with Gasteiger partial charge in [0.2, 0.25) is 0 Å². The van der Waals surface area contributed by atoms with Crippen molar-refractivity contribution in [2.24, 2.45) is 5.92 Å². The van der Waals surface area contributed by atoms with E-state index in [1.54, 1.807) is 6.92 Å². The Balaban J connectivity index is 3.27. The van der Waals surface area contributed by atoms with Crippen LogP contribution >= 0.6 is 0 Å². The molecule has 0 aromatic heterocycles. The molecule has 0 radical (unpaired) electrons. The quantitative estimate of drug-likeness (QED) is 0.536. The van der Waals surface area contributed by atoms with E-state index in [2.05, 4.69) is 0 Å². The summed E-state index contributed by atoms with van der Waals surface area (Å²) in [5.41, 5.74) is 0. The molecule has 0 heterocycles. The molecule has 0 spiro atoms. The van der Waals surface area contributed by atoms with E-state index in [0.29, 0.717) is 6.42 Å². The second kappa shape index (κ2) is 4.48. The van der Waals surface area contributed by atoms with Crippen molar-refractivity contribution in [3.8, 4) is 0 Å². The van der Waals surface area contributed by atoms with Gasteiger partial charge in [-0.15, -0.1) is 0 Å². The predicted molar refractivity (Wildman–Crippen MR) is 34.8 cm³/mol. The van der Waals surface area contributed by atoms with Gasteiger partial charge in [-0.3, -0.25) is 4.79 Å². The highest BCUT2D eigenvalue weighted by atomic mass is 19.1. The van der Waals surface area contributed by atoms with E-state index in [4.69, 9.17) is 0 Å². The van der Waals surface area contributed by atoms with Gasteiger partial charge in [0.25, 0.3) is 0 Å². The molecular formula is C7H13FO. The van der Waals surface area contributed by atoms with Gasteiger partial charge in [0, 0.05) is 5.92 Å². The summed E-state index contributed by atoms with van der Waals surface area (Å²) in [6.45, 7) is 3.65. The van der Waals surface area contributed by atoms with Crippen molar-refractivity contribution in [1.29, 1.82) is 0 Å². The highest BCUT2D eigenvalue weighted by molar-refractivity contribution is 5.70. The van der Waals surface area contributed by atoms with Crippen LogP contribution in [-0.2, 0) is 4.79 Å². The van der Waals surface area contributed by atoms with Crippen LogP contribution in [0.25, 0.3) is 0 Å². The minimum Gasteiger partial charge on any atom is -0.261 e. The molecule has 0 N–H and O–H groups in total. The minimum absolute atomic E-state index is 0.384. The Morgan fingerprint density at radius 2 is 2.22 bits per heavy atom. The Kier molecular flexibility index (Phi) is 4.28. The topological polar surface area (TPSA) is 17.1 Å². The van der Waals surface area contributed by atoms with Crippen LogP contribution in [0.3, 0.4) is 0 Å². The van der Waals surface area contributed by atoms with Gasteiger partial charge in [0.1, 0.15) is 0 Å². The molecular weight excluding hydrogens is 119 g/mol. The van der Waals surface area contributed by atoms with Crippen molar-refractivity contribution in [3.05, 3.63) is 0 Å². The maximum absolute atomic E-state index is 11.8. The molecule has 0 aliphatic carbocycles. The van der Waals surface area contributed by atoms with Gasteiger partial charge in [-0.05, 0) is 6.42 Å². The highest BCUT2D eigenvalue weighted by Crippen LogP contribution is 2.08. The average molecular weight is 132 g/mol. The fourth-order valence-corrected chi connectivity index (χ4v) is 0.624. The van der Waals surface area contributed by atoms with Crippen LogP contribution < -0.4 is 0 Å². The summed E-state index contributed by atoms with van der Waals surface area (Å²) in [6, 6.07) is -1.18. The molecule has 0 rings (SSSR count). The smallest absolute Gasteiger partial charge is 0.261 e. The van der Waals surface area contributed by atoms with E-state index in [9.17, 15) is 9.18 Å². The zero-order valence-electron chi connectivity index (χ0n) is 5.98. The van der Waals surface area contributed by atoms with Gasteiger partial charge in [0.15, 0.2) is 0 Å². The number of unbranched alkanes of at least 4 members (excludes halogenated alkanes) is 1. The van der Waals surface area contributed by atoms with Gasteiger partial charge in [-0.1, -0.05) is 26.7 Å². The summed E-state index contributed by atoms with van der Waals surface area (Å²) < 4.78 is 11.8. The molecule has 54 valence electrons. The van der Waals surface area contributed by atoms with Crippen molar-refractivity contribution in [2.75, 3.05) is 0 Å². The Hall–Kier alpha value is -0.400. The normalized spacial score (nSPS) is 13.2. The standard InChI is InChI=1S/C7H13FO/c1-3-4-5-6(2)7(8)9/h6H,3-5H2,1-2H3/t6-/m0/s1. The first-order valence-corrected chi connectivity index (χ1v) is 3.37. The number of carbonyl (C=O) groups is 1. The number of rotatable bonds is 4. The van der Waals surface area contributed by atoms with Crippen molar-refractivity contribution in [3.63, 3.8) is 0 Å². The molecule has 0 saturated carbocycles. The molecule has 0 saturated heterocycles. The van der Waals surface area contributed by atoms with E-state index in [-0.39, 0.29) is 5.92 Å². The number of hydrogen-bond acceptors (Lipinski definition) is 1. The van der Waals surface area contributed by atoms with Crippen LogP contribution in [0.4, 0.5) is 4.39 Å². The first-order valence-electron chi connectivity index (χ1n) is 3.37. The fraction of sp³-hybridized carbons (Fsp3) is 0.857. The van der Waals surface area contributed by atoms with Gasteiger partial charge in [0.05, 0.1) is 0 Å². The maximum atomic E-state index is 11.8. The van der Waals surface area contributed by atoms with E-state index in [0.717, 1.165) is 12.8 Å². The Bertz CT molecular complexity index is 90.9. The molecule has 0 aliphatic heterocycles. The summed E-state index contributed by atoms with van der Waals surface area (Å²) >= 11 is 0. The molecule has 0 fully saturated rings. The lowest BCUT2D eigenvalue weighted by Crippen LogP contribution is -2.03. The molecule has 1 atom stereocenters. The second-order valence-corrected chi connectivity index (χ2v) is 2.35. The molecule has 0 amide bonds. The number of carbonyl (C=O) groups excluding carboxylic acids is 1. The lowest BCUT2D eigenvalue weighted by Gasteiger charge is -2.00. The van der Waals surface area contributed by atoms with Gasteiger partial charge in [-0.2, -0.15) is 4.39 Å². The van der Waals surface area contributed by atoms with E-state index in [1.165, 1.54) is 0 Å². The lowest BCUT2D eigenvalue weighted by atomic mass is 10.1. The van der Waals surface area contributed by atoms with Crippen LogP contribution in [0, 0.1) is 5.92 Å². The zero-order valence-corrected chi connectivity index (χ0v) is 5.98. The first kappa shape index (κ1) is 8.60. The maximum Gasteiger partial charge on any atom is 0.304 e. The van der Waals surface area contributed by atoms with Gasteiger partial charge < -0.3 is 0 Å². The van der Waals surface area contributed by atoms with Crippen LogP contribution in [-0.4, -0.2) is 6.04 Å². The summed E-state index contributed by atoms with van der Waals surface area (Å²) in [7, 11) is 0. The Morgan fingerprint density at radius 1 is 1.67 bits per heavy atom. The van der Waals surface area contributed by atoms with Crippen LogP contribution in [0.2, 0.25) is 0 Å². The number of hydrogen-bond donors (Lipinski definition) is 0. The summed E-state index contributed by atoms with van der Waals surface area (Å²) in [5, 5.41) is 0. The Morgan fingerprint density at radius 3 is 2.56 bits per heavy atom. The van der Waals surface area contributed by atoms with Crippen molar-refractivity contribution >= 4 is 6.04 Å². The van der Waals surface area contributed by atoms with Crippen molar-refractivity contribution < 1.29 is 9.18 Å². The van der Waals surface area contributed by atoms with E-state index in [1.807, 2.05) is 6.92 Å².